The lowest BCUT2D eigenvalue weighted by molar-refractivity contribution is -0.111. The third kappa shape index (κ3) is 5.79. The van der Waals surface area contributed by atoms with Gasteiger partial charge >= 0.3 is 0 Å². The number of benzene rings is 3. The van der Waals surface area contributed by atoms with E-state index in [1.165, 1.54) is 32.4 Å². The van der Waals surface area contributed by atoms with E-state index in [-0.39, 0.29) is 33.9 Å². The Bertz CT molecular complexity index is 1480. The van der Waals surface area contributed by atoms with Gasteiger partial charge in [0.2, 0.25) is 0 Å². The Balaban J connectivity index is 1.79. The molecule has 1 heterocycles. The molecule has 38 heavy (non-hydrogen) atoms. The number of rotatable bonds is 8. The minimum Gasteiger partial charge on any atom is -0.508 e. The SMILES string of the molecule is COc1cc(/C=C/C(=O)C2=C(/C=C/c3ccc(O)c(OC)c3)NC(=S)NC2c2ccccc2O)ccc1O. The first-order valence-corrected chi connectivity index (χ1v) is 12.0. The molecule has 0 bridgehead atoms. The van der Waals surface area contributed by atoms with Crippen LogP contribution in [0.3, 0.4) is 0 Å². The van der Waals surface area contributed by atoms with E-state index in [2.05, 4.69) is 10.6 Å². The molecule has 0 aromatic heterocycles. The number of carbonyl (C=O) groups excluding carboxylic acids is 1. The number of hydrogen-bond donors (Lipinski definition) is 5. The summed E-state index contributed by atoms with van der Waals surface area (Å²) in [5, 5.41) is 36.7. The number of allylic oxidation sites excluding steroid dienone is 2. The molecule has 0 saturated heterocycles. The zero-order chi connectivity index (χ0) is 27.2. The topological polar surface area (TPSA) is 120 Å². The molecule has 3 aromatic rings. The molecule has 1 unspecified atom stereocenters. The normalized spacial score (nSPS) is 15.4. The van der Waals surface area contributed by atoms with Gasteiger partial charge in [0, 0.05) is 16.8 Å². The minimum atomic E-state index is -0.731. The molecule has 1 aliphatic heterocycles. The molecular formula is C29H26N2O6S. The third-order valence-corrected chi connectivity index (χ3v) is 6.11. The second-order valence-corrected chi connectivity index (χ2v) is 8.72. The second kappa shape index (κ2) is 11.5. The van der Waals surface area contributed by atoms with Gasteiger partial charge in [-0.1, -0.05) is 42.5 Å². The predicted octanol–water partition coefficient (Wildman–Crippen LogP) is 4.59. The van der Waals surface area contributed by atoms with Gasteiger partial charge in [-0.3, -0.25) is 4.79 Å². The fraction of sp³-hybridized carbons (Fsp3) is 0.103. The van der Waals surface area contributed by atoms with Gasteiger partial charge in [0.1, 0.15) is 5.75 Å². The number of hydrogen-bond acceptors (Lipinski definition) is 7. The Morgan fingerprint density at radius 3 is 2.05 bits per heavy atom. The van der Waals surface area contributed by atoms with E-state index < -0.39 is 6.04 Å². The summed E-state index contributed by atoms with van der Waals surface area (Å²) in [5.74, 6) is 0.271. The maximum Gasteiger partial charge on any atom is 0.186 e. The van der Waals surface area contributed by atoms with Crippen molar-refractivity contribution in [3.63, 3.8) is 0 Å². The Labute approximate surface area is 225 Å². The summed E-state index contributed by atoms with van der Waals surface area (Å²) in [6.07, 6.45) is 6.47. The van der Waals surface area contributed by atoms with E-state index >= 15 is 0 Å². The summed E-state index contributed by atoms with van der Waals surface area (Å²) in [7, 11) is 2.90. The van der Waals surface area contributed by atoms with E-state index in [0.717, 1.165) is 5.56 Å². The van der Waals surface area contributed by atoms with Crippen LogP contribution >= 0.6 is 12.2 Å². The summed E-state index contributed by atoms with van der Waals surface area (Å²) in [5.41, 5.74) is 2.61. The van der Waals surface area contributed by atoms with Crippen molar-refractivity contribution in [1.29, 1.82) is 0 Å². The Kier molecular flexibility index (Phi) is 7.98. The fourth-order valence-corrected chi connectivity index (χ4v) is 4.22. The number of para-hydroxylation sites is 1. The molecule has 0 fully saturated rings. The maximum atomic E-state index is 13.6. The van der Waals surface area contributed by atoms with Crippen LogP contribution in [0, 0.1) is 0 Å². The van der Waals surface area contributed by atoms with Crippen LogP contribution in [0.1, 0.15) is 22.7 Å². The molecule has 0 spiro atoms. The first kappa shape index (κ1) is 26.3. The molecule has 0 radical (unpaired) electrons. The number of phenolic OH excluding ortho intramolecular Hbond substituents is 3. The van der Waals surface area contributed by atoms with Crippen molar-refractivity contribution in [1.82, 2.24) is 10.6 Å². The van der Waals surface area contributed by atoms with Gasteiger partial charge in [0.15, 0.2) is 33.9 Å². The van der Waals surface area contributed by atoms with Gasteiger partial charge in [-0.2, -0.15) is 0 Å². The van der Waals surface area contributed by atoms with E-state index in [4.69, 9.17) is 21.7 Å². The molecule has 5 N–H and O–H groups in total. The first-order valence-electron chi connectivity index (χ1n) is 11.5. The number of thiocarbonyl (C=S) groups is 1. The van der Waals surface area contributed by atoms with Crippen molar-refractivity contribution in [3.05, 3.63) is 101 Å². The summed E-state index contributed by atoms with van der Waals surface area (Å²) in [6.45, 7) is 0. The molecule has 0 aliphatic carbocycles. The zero-order valence-electron chi connectivity index (χ0n) is 20.6. The summed E-state index contributed by atoms with van der Waals surface area (Å²) in [6, 6.07) is 15.6. The maximum absolute atomic E-state index is 13.6. The van der Waals surface area contributed by atoms with Crippen LogP contribution in [-0.2, 0) is 4.79 Å². The molecule has 8 nitrogen and oxygen atoms in total. The highest BCUT2D eigenvalue weighted by atomic mass is 32.1. The van der Waals surface area contributed by atoms with Gasteiger partial charge in [0.25, 0.3) is 0 Å². The Hall–Kier alpha value is -4.76. The van der Waals surface area contributed by atoms with Gasteiger partial charge in [0.05, 0.1) is 20.3 Å². The summed E-state index contributed by atoms with van der Waals surface area (Å²) < 4.78 is 10.3. The molecule has 1 aliphatic rings. The van der Waals surface area contributed by atoms with E-state index in [0.29, 0.717) is 28.1 Å². The number of ether oxygens (including phenoxy) is 2. The van der Waals surface area contributed by atoms with Crippen molar-refractivity contribution in [2.45, 2.75) is 6.04 Å². The van der Waals surface area contributed by atoms with Gasteiger partial charge in [-0.05, 0) is 65.8 Å². The Morgan fingerprint density at radius 2 is 1.45 bits per heavy atom. The second-order valence-electron chi connectivity index (χ2n) is 8.31. The number of carbonyl (C=O) groups is 1. The largest absolute Gasteiger partial charge is 0.508 e. The predicted molar refractivity (Wildman–Crippen MR) is 149 cm³/mol. The van der Waals surface area contributed by atoms with Crippen molar-refractivity contribution >= 4 is 35.3 Å². The molecular weight excluding hydrogens is 504 g/mol. The van der Waals surface area contributed by atoms with Crippen molar-refractivity contribution < 1.29 is 29.6 Å². The number of phenols is 3. The van der Waals surface area contributed by atoms with Crippen LogP contribution in [0.4, 0.5) is 0 Å². The van der Waals surface area contributed by atoms with E-state index in [9.17, 15) is 20.1 Å². The molecule has 9 heteroatoms. The molecule has 4 rings (SSSR count). The number of ketones is 1. The summed E-state index contributed by atoms with van der Waals surface area (Å²) >= 11 is 5.42. The van der Waals surface area contributed by atoms with E-state index in [1.54, 1.807) is 66.8 Å². The van der Waals surface area contributed by atoms with Crippen LogP contribution < -0.4 is 20.1 Å². The smallest absolute Gasteiger partial charge is 0.186 e. The van der Waals surface area contributed by atoms with E-state index in [1.807, 2.05) is 0 Å². The minimum absolute atomic E-state index is 0.00854. The average Bonchev–Trinajstić information content (AvgIpc) is 2.91. The van der Waals surface area contributed by atoms with Gasteiger partial charge in [-0.25, -0.2) is 0 Å². The molecule has 1 atom stereocenters. The third-order valence-electron chi connectivity index (χ3n) is 5.89. The fourth-order valence-electron chi connectivity index (χ4n) is 3.99. The van der Waals surface area contributed by atoms with Crippen molar-refractivity contribution in [2.24, 2.45) is 0 Å². The van der Waals surface area contributed by atoms with Crippen LogP contribution in [0.2, 0.25) is 0 Å². The van der Waals surface area contributed by atoms with Crippen LogP contribution in [0.25, 0.3) is 12.2 Å². The summed E-state index contributed by atoms with van der Waals surface area (Å²) in [4.78, 5) is 13.6. The number of aromatic hydroxyl groups is 3. The standard InChI is InChI=1S/C29H26N2O6S/c1-36-25-15-17(8-12-22(25)33)7-11-20-27(24(35)14-10-18-9-13-23(34)26(16-18)37-2)28(31-29(38)30-20)19-5-3-4-6-21(19)32/h3-16,28,32-34H,1-2H3,(H2,30,31,38)/b11-7+,14-10+. The zero-order valence-corrected chi connectivity index (χ0v) is 21.5. The highest BCUT2D eigenvalue weighted by molar-refractivity contribution is 7.80. The lowest BCUT2D eigenvalue weighted by Gasteiger charge is -2.30. The Morgan fingerprint density at radius 1 is 0.842 bits per heavy atom. The molecule has 0 saturated carbocycles. The quantitative estimate of drug-likeness (QED) is 0.210. The van der Waals surface area contributed by atoms with Crippen LogP contribution in [-0.4, -0.2) is 40.4 Å². The monoisotopic (exact) mass is 530 g/mol. The molecule has 3 aromatic carbocycles. The molecule has 0 amide bonds. The van der Waals surface area contributed by atoms with Gasteiger partial charge < -0.3 is 35.4 Å². The highest BCUT2D eigenvalue weighted by Crippen LogP contribution is 2.34. The lowest BCUT2D eigenvalue weighted by atomic mass is 9.91. The van der Waals surface area contributed by atoms with Crippen molar-refractivity contribution in [3.8, 4) is 28.7 Å². The van der Waals surface area contributed by atoms with Gasteiger partial charge in [-0.15, -0.1) is 0 Å². The van der Waals surface area contributed by atoms with Crippen LogP contribution in [0.5, 0.6) is 28.7 Å². The lowest BCUT2D eigenvalue weighted by Crippen LogP contribution is -2.45. The average molecular weight is 531 g/mol. The molecule has 194 valence electrons. The first-order chi connectivity index (χ1) is 18.3. The van der Waals surface area contributed by atoms with Crippen LogP contribution in [0.15, 0.2) is 84.1 Å². The van der Waals surface area contributed by atoms with Crippen molar-refractivity contribution in [2.75, 3.05) is 14.2 Å². The number of methoxy groups -OCH3 is 2. The highest BCUT2D eigenvalue weighted by Gasteiger charge is 2.31. The number of nitrogens with one attached hydrogen (secondary N) is 2.